The van der Waals surface area contributed by atoms with Crippen molar-refractivity contribution in [3.63, 3.8) is 0 Å². The number of nitrogens with one attached hydrogen (secondary N) is 2. The van der Waals surface area contributed by atoms with Crippen LogP contribution in [-0.4, -0.2) is 24.0 Å². The van der Waals surface area contributed by atoms with E-state index in [9.17, 15) is 9.59 Å². The first-order chi connectivity index (χ1) is 13.8. The summed E-state index contributed by atoms with van der Waals surface area (Å²) in [5, 5.41) is 4.80. The van der Waals surface area contributed by atoms with E-state index in [1.807, 2.05) is 6.07 Å². The molecule has 1 heterocycles. The number of aryl methyl sites for hydroxylation is 2. The van der Waals surface area contributed by atoms with Crippen molar-refractivity contribution in [2.24, 2.45) is 0 Å². The molecule has 1 aliphatic heterocycles. The van der Waals surface area contributed by atoms with Gasteiger partial charge in [-0.25, -0.2) is 0 Å². The minimum atomic E-state index is -0.552. The number of hydrogen-bond donors (Lipinski definition) is 2. The van der Waals surface area contributed by atoms with Gasteiger partial charge in [-0.15, -0.1) is 0 Å². The Hall–Kier alpha value is -2.71. The highest BCUT2D eigenvalue weighted by Gasteiger charge is 2.26. The Bertz CT molecular complexity index is 1030. The van der Waals surface area contributed by atoms with E-state index in [1.165, 1.54) is 24.3 Å². The minimum absolute atomic E-state index is 0.00833. The lowest BCUT2D eigenvalue weighted by molar-refractivity contribution is -0.123. The van der Waals surface area contributed by atoms with Crippen LogP contribution in [0.2, 0.25) is 0 Å². The van der Waals surface area contributed by atoms with Crippen molar-refractivity contribution in [1.29, 1.82) is 0 Å². The molecule has 0 unspecified atom stereocenters. The summed E-state index contributed by atoms with van der Waals surface area (Å²) in [6, 6.07) is 9.60. The zero-order chi connectivity index (χ0) is 21.1. The van der Waals surface area contributed by atoms with Gasteiger partial charge in [0.05, 0.1) is 11.6 Å². The molecule has 0 aliphatic carbocycles. The van der Waals surface area contributed by atoms with Crippen LogP contribution in [0.4, 0.5) is 0 Å². The van der Waals surface area contributed by atoms with Crippen LogP contribution in [0.5, 0.6) is 11.5 Å². The fourth-order valence-corrected chi connectivity index (χ4v) is 3.54. The highest BCUT2D eigenvalue weighted by Crippen LogP contribution is 2.38. The number of carbonyl (C=O) groups is 2. The zero-order valence-corrected chi connectivity index (χ0v) is 18.5. The molecule has 1 fully saturated rings. The monoisotopic (exact) mass is 474 g/mol. The Labute approximate surface area is 182 Å². The number of methoxy groups -OCH3 is 1. The van der Waals surface area contributed by atoms with Crippen LogP contribution in [0.1, 0.15) is 22.3 Å². The normalized spacial score (nSPS) is 13.7. The van der Waals surface area contributed by atoms with Gasteiger partial charge in [0, 0.05) is 0 Å². The van der Waals surface area contributed by atoms with Crippen molar-refractivity contribution >= 4 is 51.2 Å². The van der Waals surface area contributed by atoms with Gasteiger partial charge in [0.25, 0.3) is 11.8 Å². The first kappa shape index (κ1) is 21.0. The summed E-state index contributed by atoms with van der Waals surface area (Å²) in [5.41, 5.74) is 4.01. The highest BCUT2D eigenvalue weighted by molar-refractivity contribution is 9.10. The fraction of sp³-hybridized carbons (Fsp3) is 0.190. The minimum Gasteiger partial charge on any atom is -0.493 e. The number of halogens is 1. The molecule has 2 aromatic carbocycles. The highest BCUT2D eigenvalue weighted by atomic mass is 79.9. The maximum Gasteiger partial charge on any atom is 0.263 e. The second-order valence-corrected chi connectivity index (χ2v) is 7.80. The maximum absolute atomic E-state index is 12.0. The van der Waals surface area contributed by atoms with Gasteiger partial charge in [0.2, 0.25) is 0 Å². The van der Waals surface area contributed by atoms with Crippen molar-refractivity contribution in [3.05, 3.63) is 62.6 Å². The van der Waals surface area contributed by atoms with Gasteiger partial charge in [-0.2, -0.15) is 0 Å². The standard InChI is InChI=1S/C21H19BrN2O4S/c1-11-4-5-13(6-12(11)2)10-28-18-16(22)8-14(9-17(18)27-3)7-15-19(25)23-21(29)24-20(15)26/h4-9H,10H2,1-3H3,(H2,23,24,25,26,29). The third-order valence-corrected chi connectivity index (χ3v) is 5.25. The summed E-state index contributed by atoms with van der Waals surface area (Å²) in [6.45, 7) is 4.49. The van der Waals surface area contributed by atoms with Gasteiger partial charge < -0.3 is 9.47 Å². The smallest absolute Gasteiger partial charge is 0.263 e. The van der Waals surface area contributed by atoms with Crippen LogP contribution in [-0.2, 0) is 16.2 Å². The molecule has 2 amide bonds. The topological polar surface area (TPSA) is 76.7 Å². The summed E-state index contributed by atoms with van der Waals surface area (Å²) in [6.07, 6.45) is 1.47. The molecule has 0 aromatic heterocycles. The predicted octanol–water partition coefficient (Wildman–Crippen LogP) is 3.57. The van der Waals surface area contributed by atoms with Gasteiger partial charge in [0.15, 0.2) is 16.6 Å². The van der Waals surface area contributed by atoms with Crippen molar-refractivity contribution < 1.29 is 19.1 Å². The van der Waals surface area contributed by atoms with Gasteiger partial charge in [-0.05, 0) is 82.5 Å². The van der Waals surface area contributed by atoms with Gasteiger partial charge in [0.1, 0.15) is 12.2 Å². The van der Waals surface area contributed by atoms with Crippen LogP contribution < -0.4 is 20.1 Å². The molecule has 6 nitrogen and oxygen atoms in total. The third-order valence-electron chi connectivity index (χ3n) is 4.46. The average molecular weight is 475 g/mol. The molecule has 0 bridgehead atoms. The van der Waals surface area contributed by atoms with Gasteiger partial charge in [-0.3, -0.25) is 20.2 Å². The number of thiocarbonyl (C=S) groups is 1. The van der Waals surface area contributed by atoms with Crippen LogP contribution in [0, 0.1) is 13.8 Å². The molecule has 29 heavy (non-hydrogen) atoms. The van der Waals surface area contributed by atoms with E-state index in [-0.39, 0.29) is 10.7 Å². The van der Waals surface area contributed by atoms with E-state index in [1.54, 1.807) is 12.1 Å². The zero-order valence-electron chi connectivity index (χ0n) is 16.1. The van der Waals surface area contributed by atoms with Crippen LogP contribution in [0.25, 0.3) is 6.08 Å². The number of benzene rings is 2. The summed E-state index contributed by atoms with van der Waals surface area (Å²) in [7, 11) is 1.53. The van der Waals surface area contributed by atoms with Gasteiger partial charge in [-0.1, -0.05) is 18.2 Å². The molecule has 2 aromatic rings. The quantitative estimate of drug-likeness (QED) is 0.393. The lowest BCUT2D eigenvalue weighted by atomic mass is 10.1. The van der Waals surface area contributed by atoms with Crippen molar-refractivity contribution in [2.75, 3.05) is 7.11 Å². The SMILES string of the molecule is COc1cc(C=C2C(=O)NC(=S)NC2=O)cc(Br)c1OCc1ccc(C)c(C)c1. The second kappa shape index (κ2) is 8.75. The molecule has 1 aliphatic rings. The molecule has 8 heteroatoms. The molecular formula is C21H19BrN2O4S. The van der Waals surface area contributed by atoms with E-state index in [2.05, 4.69) is 52.5 Å². The molecule has 1 saturated heterocycles. The molecule has 0 radical (unpaired) electrons. The number of rotatable bonds is 5. The van der Waals surface area contributed by atoms with Crippen LogP contribution in [0.15, 0.2) is 40.4 Å². The molecule has 150 valence electrons. The Balaban J connectivity index is 1.86. The van der Waals surface area contributed by atoms with E-state index in [0.29, 0.717) is 28.1 Å². The molecule has 3 rings (SSSR count). The first-order valence-corrected chi connectivity index (χ1v) is 9.93. The number of hydrogen-bond acceptors (Lipinski definition) is 5. The lowest BCUT2D eigenvalue weighted by Crippen LogP contribution is -2.51. The lowest BCUT2D eigenvalue weighted by Gasteiger charge is -2.17. The second-order valence-electron chi connectivity index (χ2n) is 6.54. The number of ether oxygens (including phenoxy) is 2. The van der Waals surface area contributed by atoms with E-state index >= 15 is 0 Å². The Morgan fingerprint density at radius 2 is 1.76 bits per heavy atom. The Kier molecular flexibility index (Phi) is 6.34. The Morgan fingerprint density at radius 1 is 1.07 bits per heavy atom. The van der Waals surface area contributed by atoms with Gasteiger partial charge >= 0.3 is 0 Å². The number of amides is 2. The summed E-state index contributed by atoms with van der Waals surface area (Å²) >= 11 is 8.29. The maximum atomic E-state index is 12.0. The summed E-state index contributed by atoms with van der Waals surface area (Å²) in [5.74, 6) is -0.0957. The largest absolute Gasteiger partial charge is 0.493 e. The van der Waals surface area contributed by atoms with Crippen LogP contribution >= 0.6 is 28.1 Å². The Morgan fingerprint density at radius 3 is 2.38 bits per heavy atom. The molecule has 2 N–H and O–H groups in total. The fourth-order valence-electron chi connectivity index (χ4n) is 2.79. The molecule has 0 atom stereocenters. The first-order valence-electron chi connectivity index (χ1n) is 8.73. The van der Waals surface area contributed by atoms with E-state index < -0.39 is 11.8 Å². The van der Waals surface area contributed by atoms with Crippen molar-refractivity contribution in [2.45, 2.75) is 20.5 Å². The molecule has 0 spiro atoms. The number of carbonyl (C=O) groups excluding carboxylic acids is 2. The van der Waals surface area contributed by atoms with Crippen molar-refractivity contribution in [3.8, 4) is 11.5 Å². The summed E-state index contributed by atoms with van der Waals surface area (Å²) in [4.78, 5) is 24.1. The molecular weight excluding hydrogens is 456 g/mol. The summed E-state index contributed by atoms with van der Waals surface area (Å²) < 4.78 is 12.1. The van der Waals surface area contributed by atoms with Crippen molar-refractivity contribution in [1.82, 2.24) is 10.6 Å². The molecule has 0 saturated carbocycles. The van der Waals surface area contributed by atoms with E-state index in [0.717, 1.165) is 5.56 Å². The average Bonchev–Trinajstić information content (AvgIpc) is 2.66. The van der Waals surface area contributed by atoms with Crippen LogP contribution in [0.3, 0.4) is 0 Å². The predicted molar refractivity (Wildman–Crippen MR) is 118 cm³/mol. The third kappa shape index (κ3) is 4.83. The van der Waals surface area contributed by atoms with E-state index in [4.69, 9.17) is 21.7 Å².